The highest BCUT2D eigenvalue weighted by Crippen LogP contribution is 2.34. The van der Waals surface area contributed by atoms with Gasteiger partial charge in [-0.15, -0.1) is 0 Å². The predicted molar refractivity (Wildman–Crippen MR) is 132 cm³/mol. The highest BCUT2D eigenvalue weighted by atomic mass is 19.4. The number of alkyl halides is 3. The van der Waals surface area contributed by atoms with E-state index in [0.29, 0.717) is 11.3 Å². The van der Waals surface area contributed by atoms with Crippen LogP contribution in [0.25, 0.3) is 16.4 Å². The fraction of sp³-hybridized carbons (Fsp3) is 0.120. The van der Waals surface area contributed by atoms with Crippen LogP contribution in [0, 0.1) is 0 Å². The Morgan fingerprint density at radius 1 is 1.03 bits per heavy atom. The van der Waals surface area contributed by atoms with Crippen molar-refractivity contribution in [1.82, 2.24) is 20.2 Å². The number of halogens is 3. The first-order valence-corrected chi connectivity index (χ1v) is 11.4. The summed E-state index contributed by atoms with van der Waals surface area (Å²) in [5.74, 6) is -0.715. The van der Waals surface area contributed by atoms with Crippen LogP contribution in [0.15, 0.2) is 77.8 Å². The van der Waals surface area contributed by atoms with E-state index in [0.717, 1.165) is 23.2 Å². The highest BCUT2D eigenvalue weighted by Gasteiger charge is 2.31. The molecule has 39 heavy (non-hydrogen) atoms. The summed E-state index contributed by atoms with van der Waals surface area (Å²) in [6.07, 6.45) is -0.355. The second kappa shape index (κ2) is 10.6. The average molecular weight is 536 g/mol. The number of amides is 3. The van der Waals surface area contributed by atoms with E-state index in [1.54, 1.807) is 42.6 Å². The number of aromatic nitrogens is 5. The van der Waals surface area contributed by atoms with Gasteiger partial charge in [0.2, 0.25) is 24.5 Å². The molecule has 5 aromatic rings. The number of nitrogens with one attached hydrogen (secondary N) is 3. The van der Waals surface area contributed by atoms with Gasteiger partial charge in [0.15, 0.2) is 11.3 Å². The Hall–Kier alpha value is -5.27. The first-order chi connectivity index (χ1) is 18.7. The lowest BCUT2D eigenvalue weighted by Crippen LogP contribution is -2.35. The van der Waals surface area contributed by atoms with E-state index >= 15 is 0 Å². The standard InChI is InChI=1S/C25H19F3N8O3/c26-25(27,28)16-9-18(32-22(37)8-15-4-5-20-21(7-15)31-14-30-20)11-19(10-16)33-24(38)34-23-13-36(35-39-23)12-17-3-1-2-6-29-17/h1-7,9-11,13-14H,8,12H2,(H3-,30,31,32,33,34,35,37,38). The van der Waals surface area contributed by atoms with Crippen LogP contribution in [0.4, 0.5) is 35.2 Å². The monoisotopic (exact) mass is 536 g/mol. The summed E-state index contributed by atoms with van der Waals surface area (Å²) in [4.78, 5) is 36.2. The molecule has 14 heteroatoms. The smallest absolute Gasteiger partial charge is 0.416 e. The van der Waals surface area contributed by atoms with Crippen LogP contribution < -0.4 is 15.3 Å². The molecule has 0 unspecified atom stereocenters. The molecule has 0 spiro atoms. The summed E-state index contributed by atoms with van der Waals surface area (Å²) in [6, 6.07) is 12.2. The number of rotatable bonds is 7. The Kier molecular flexibility index (Phi) is 6.91. The number of benzene rings is 2. The molecule has 0 fully saturated rings. The summed E-state index contributed by atoms with van der Waals surface area (Å²) in [5.41, 5.74) is 1.32. The molecule has 11 nitrogen and oxygen atoms in total. The van der Waals surface area contributed by atoms with Crippen molar-refractivity contribution < 1.29 is 32.0 Å². The van der Waals surface area contributed by atoms with Gasteiger partial charge < -0.3 is 25.5 Å². The third kappa shape index (κ3) is 6.54. The molecule has 0 saturated heterocycles. The highest BCUT2D eigenvalue weighted by molar-refractivity contribution is 6.04. The number of H-pyrrole nitrogens is 1. The van der Waals surface area contributed by atoms with Gasteiger partial charge in [0, 0.05) is 11.9 Å². The summed E-state index contributed by atoms with van der Waals surface area (Å²) in [5, 5.41) is 12.1. The molecule has 0 radical (unpaired) electrons. The number of aromatic amines is 1. The van der Waals surface area contributed by atoms with Crippen LogP contribution in [0.1, 0.15) is 16.8 Å². The molecule has 3 amide bonds. The van der Waals surface area contributed by atoms with E-state index in [4.69, 9.17) is 4.52 Å². The molecule has 5 rings (SSSR count). The number of pyridine rings is 1. The normalized spacial score (nSPS) is 11.4. The SMILES string of the molecule is O=C(Cc1ccc2nc[nH]c2c1)Nc1cc(NC(=O)[N-]c2c[n+](Cc3ccccn3)no2)cc(C(F)(F)F)c1. The zero-order chi connectivity index (χ0) is 27.4. The fourth-order valence-electron chi connectivity index (χ4n) is 3.72. The lowest BCUT2D eigenvalue weighted by Gasteiger charge is -2.18. The zero-order valence-electron chi connectivity index (χ0n) is 19.9. The number of hydrogen-bond acceptors (Lipinski definition) is 6. The largest absolute Gasteiger partial charge is 0.424 e. The van der Waals surface area contributed by atoms with Crippen molar-refractivity contribution in [3.63, 3.8) is 0 Å². The molecule has 0 aliphatic heterocycles. The Labute approximate surface area is 218 Å². The van der Waals surface area contributed by atoms with Crippen molar-refractivity contribution in [2.45, 2.75) is 19.1 Å². The number of fused-ring (bicyclic) bond motifs is 1. The number of carbonyl (C=O) groups excluding carboxylic acids is 2. The summed E-state index contributed by atoms with van der Waals surface area (Å²) in [6.45, 7) is 0.258. The minimum Gasteiger partial charge on any atom is -0.424 e. The fourth-order valence-corrected chi connectivity index (χ4v) is 3.72. The van der Waals surface area contributed by atoms with Gasteiger partial charge in [-0.25, -0.2) is 4.98 Å². The van der Waals surface area contributed by atoms with Crippen molar-refractivity contribution in [2.75, 3.05) is 10.6 Å². The van der Waals surface area contributed by atoms with Crippen LogP contribution in [-0.4, -0.2) is 32.2 Å². The number of imidazole rings is 1. The number of carbonyl (C=O) groups is 2. The third-order valence-corrected chi connectivity index (χ3v) is 5.41. The van der Waals surface area contributed by atoms with Crippen molar-refractivity contribution >= 4 is 40.2 Å². The van der Waals surface area contributed by atoms with Crippen LogP contribution in [0.5, 0.6) is 0 Å². The maximum absolute atomic E-state index is 13.5. The van der Waals surface area contributed by atoms with E-state index in [2.05, 4.69) is 36.2 Å². The lowest BCUT2D eigenvalue weighted by molar-refractivity contribution is -0.755. The van der Waals surface area contributed by atoms with Crippen molar-refractivity contribution in [1.29, 1.82) is 0 Å². The zero-order valence-corrected chi connectivity index (χ0v) is 19.9. The first-order valence-electron chi connectivity index (χ1n) is 11.4. The van der Waals surface area contributed by atoms with Gasteiger partial charge in [0.05, 0.1) is 29.3 Å². The van der Waals surface area contributed by atoms with Crippen molar-refractivity contribution in [3.8, 4) is 0 Å². The average Bonchev–Trinajstić information content (AvgIpc) is 3.52. The maximum atomic E-state index is 13.5. The molecule has 0 saturated carbocycles. The van der Waals surface area contributed by atoms with Gasteiger partial charge in [-0.2, -0.15) is 13.2 Å². The lowest BCUT2D eigenvalue weighted by atomic mass is 10.1. The Bertz CT molecular complexity index is 1630. The van der Waals surface area contributed by atoms with E-state index in [1.807, 2.05) is 0 Å². The molecular formula is C25H19F3N8O3. The van der Waals surface area contributed by atoms with Crippen molar-refractivity contribution in [2.24, 2.45) is 0 Å². The summed E-state index contributed by atoms with van der Waals surface area (Å²) >= 11 is 0. The second-order valence-corrected chi connectivity index (χ2v) is 8.38. The molecular weight excluding hydrogens is 517 g/mol. The Balaban J connectivity index is 1.26. The third-order valence-electron chi connectivity index (χ3n) is 5.41. The molecule has 0 atom stereocenters. The molecule has 0 aliphatic carbocycles. The number of urea groups is 1. The van der Waals surface area contributed by atoms with E-state index in [1.165, 1.54) is 23.3 Å². The molecule has 3 heterocycles. The molecule has 3 aromatic heterocycles. The van der Waals surface area contributed by atoms with Gasteiger partial charge in [0.1, 0.15) is 5.69 Å². The Morgan fingerprint density at radius 2 is 1.85 bits per heavy atom. The molecule has 3 N–H and O–H groups in total. The van der Waals surface area contributed by atoms with Crippen LogP contribution in [0.2, 0.25) is 0 Å². The molecule has 2 aromatic carbocycles. The molecule has 0 aliphatic rings. The quantitative estimate of drug-likeness (QED) is 0.257. The maximum Gasteiger partial charge on any atom is 0.416 e. The van der Waals surface area contributed by atoms with Crippen LogP contribution in [0.3, 0.4) is 0 Å². The minimum absolute atomic E-state index is 0.0910. The van der Waals surface area contributed by atoms with Crippen LogP contribution in [-0.2, 0) is 23.9 Å². The molecule has 198 valence electrons. The van der Waals surface area contributed by atoms with Gasteiger partial charge in [0.25, 0.3) is 0 Å². The summed E-state index contributed by atoms with van der Waals surface area (Å²) in [7, 11) is 0. The van der Waals surface area contributed by atoms with E-state index in [-0.39, 0.29) is 30.2 Å². The van der Waals surface area contributed by atoms with Gasteiger partial charge in [-0.3, -0.25) is 14.6 Å². The second-order valence-electron chi connectivity index (χ2n) is 8.38. The number of hydrogen-bond donors (Lipinski definition) is 3. The summed E-state index contributed by atoms with van der Waals surface area (Å²) < 4.78 is 46.9. The predicted octanol–water partition coefficient (Wildman–Crippen LogP) is 4.72. The minimum atomic E-state index is -4.73. The van der Waals surface area contributed by atoms with E-state index in [9.17, 15) is 22.8 Å². The van der Waals surface area contributed by atoms with E-state index < -0.39 is 23.7 Å². The van der Waals surface area contributed by atoms with Gasteiger partial charge in [-0.1, -0.05) is 12.1 Å². The molecule has 0 bridgehead atoms. The number of nitrogens with zero attached hydrogens (tertiary/aromatic N) is 5. The topological polar surface area (TPSA) is 144 Å². The van der Waals surface area contributed by atoms with Gasteiger partial charge in [-0.05, 0) is 58.4 Å². The first kappa shape index (κ1) is 25.4. The Morgan fingerprint density at radius 3 is 2.62 bits per heavy atom. The van der Waals surface area contributed by atoms with Crippen LogP contribution >= 0.6 is 0 Å². The number of anilines is 2. The van der Waals surface area contributed by atoms with Gasteiger partial charge >= 0.3 is 6.18 Å². The van der Waals surface area contributed by atoms with Crippen molar-refractivity contribution in [3.05, 3.63) is 95.5 Å².